The fraction of sp³-hybridized carbons (Fsp3) is 0.333. The molecule has 0 radical (unpaired) electrons. The predicted octanol–water partition coefficient (Wildman–Crippen LogP) is 3.44. The van der Waals surface area contributed by atoms with Gasteiger partial charge in [0.2, 0.25) is 5.91 Å². The molecule has 6 heteroatoms. The molecule has 1 aromatic heterocycles. The Balaban J connectivity index is 1.63. The summed E-state index contributed by atoms with van der Waals surface area (Å²) in [6.45, 7) is 2.40. The van der Waals surface area contributed by atoms with E-state index in [4.69, 9.17) is 0 Å². The molecule has 126 valence electrons. The maximum absolute atomic E-state index is 14.0. The third kappa shape index (κ3) is 3.93. The average molecular weight is 392 g/mol. The van der Waals surface area contributed by atoms with E-state index < -0.39 is 0 Å². The second-order valence-electron chi connectivity index (χ2n) is 5.85. The molecular formula is C18H19BrFN3O. The van der Waals surface area contributed by atoms with Gasteiger partial charge in [0.15, 0.2) is 0 Å². The smallest absolute Gasteiger partial charge is 0.224 e. The Labute approximate surface area is 149 Å². The molecule has 24 heavy (non-hydrogen) atoms. The van der Waals surface area contributed by atoms with E-state index in [9.17, 15) is 9.18 Å². The first kappa shape index (κ1) is 16.9. The van der Waals surface area contributed by atoms with E-state index in [0.717, 1.165) is 24.5 Å². The quantitative estimate of drug-likeness (QED) is 0.848. The highest BCUT2D eigenvalue weighted by Crippen LogP contribution is 2.22. The van der Waals surface area contributed by atoms with Gasteiger partial charge in [-0.15, -0.1) is 0 Å². The molecule has 0 aliphatic carbocycles. The number of nitrogens with one attached hydrogen (secondary N) is 1. The summed E-state index contributed by atoms with van der Waals surface area (Å²) in [5.41, 5.74) is 1.37. The second kappa shape index (κ2) is 7.75. The summed E-state index contributed by atoms with van der Waals surface area (Å²) in [7, 11) is 0. The lowest BCUT2D eigenvalue weighted by atomic mass is 10.1. The van der Waals surface area contributed by atoms with Gasteiger partial charge < -0.3 is 10.2 Å². The number of aromatic nitrogens is 1. The fourth-order valence-corrected chi connectivity index (χ4v) is 3.30. The molecule has 2 aromatic rings. The number of halogens is 2. The summed E-state index contributed by atoms with van der Waals surface area (Å²) in [4.78, 5) is 18.9. The van der Waals surface area contributed by atoms with Crippen LogP contribution in [0.1, 0.15) is 24.0 Å². The monoisotopic (exact) mass is 391 g/mol. The molecule has 1 saturated heterocycles. The lowest BCUT2D eigenvalue weighted by Crippen LogP contribution is -2.27. The van der Waals surface area contributed by atoms with Crippen molar-refractivity contribution in [1.82, 2.24) is 10.3 Å². The normalized spacial score (nSPS) is 14.0. The lowest BCUT2D eigenvalue weighted by Gasteiger charge is -2.20. The molecule has 1 aliphatic rings. The highest BCUT2D eigenvalue weighted by Gasteiger charge is 2.17. The van der Waals surface area contributed by atoms with Crippen molar-refractivity contribution in [3.8, 4) is 0 Å². The van der Waals surface area contributed by atoms with Crippen LogP contribution in [0.5, 0.6) is 0 Å². The van der Waals surface area contributed by atoms with Gasteiger partial charge in [0.25, 0.3) is 0 Å². The molecule has 0 saturated carbocycles. The Hall–Kier alpha value is -1.95. The van der Waals surface area contributed by atoms with Crippen LogP contribution in [0.2, 0.25) is 0 Å². The molecule has 2 heterocycles. The number of carbonyl (C=O) groups is 1. The molecule has 4 nitrogen and oxygen atoms in total. The fourth-order valence-electron chi connectivity index (χ4n) is 2.90. The molecule has 1 aliphatic heterocycles. The molecule has 3 rings (SSSR count). The SMILES string of the molecule is O=C(Cc1cccc(Br)c1F)NCc1cccnc1N1CCCC1. The summed E-state index contributed by atoms with van der Waals surface area (Å²) in [5, 5.41) is 2.87. The Bertz CT molecular complexity index is 732. The Morgan fingerprint density at radius 2 is 1.96 bits per heavy atom. The van der Waals surface area contributed by atoms with E-state index in [1.807, 2.05) is 12.1 Å². The van der Waals surface area contributed by atoms with Gasteiger partial charge in [-0.2, -0.15) is 0 Å². The standard InChI is InChI=1S/C18H19BrFN3O/c19-15-7-3-5-13(17(15)20)11-16(24)22-12-14-6-4-8-21-18(14)23-9-1-2-10-23/h3-8H,1-2,9-12H2,(H,22,24). The van der Waals surface area contributed by atoms with Crippen LogP contribution in [0.15, 0.2) is 41.0 Å². The van der Waals surface area contributed by atoms with E-state index in [2.05, 4.69) is 31.1 Å². The third-order valence-corrected chi connectivity index (χ3v) is 4.74. The maximum atomic E-state index is 14.0. The van der Waals surface area contributed by atoms with Crippen LogP contribution >= 0.6 is 15.9 Å². The van der Waals surface area contributed by atoms with Crippen molar-refractivity contribution in [2.75, 3.05) is 18.0 Å². The van der Waals surface area contributed by atoms with Crippen LogP contribution in [0.25, 0.3) is 0 Å². The van der Waals surface area contributed by atoms with Crippen molar-refractivity contribution in [2.24, 2.45) is 0 Å². The topological polar surface area (TPSA) is 45.2 Å². The van der Waals surface area contributed by atoms with Crippen LogP contribution < -0.4 is 10.2 Å². The number of carbonyl (C=O) groups excluding carboxylic acids is 1. The van der Waals surface area contributed by atoms with Gasteiger partial charge in [-0.05, 0) is 46.5 Å². The Kier molecular flexibility index (Phi) is 5.45. The van der Waals surface area contributed by atoms with Gasteiger partial charge in [-0.3, -0.25) is 4.79 Å². The number of benzene rings is 1. The third-order valence-electron chi connectivity index (χ3n) is 4.13. The van der Waals surface area contributed by atoms with Gasteiger partial charge in [-0.25, -0.2) is 9.37 Å². The van der Waals surface area contributed by atoms with Crippen LogP contribution in [-0.4, -0.2) is 24.0 Å². The van der Waals surface area contributed by atoms with E-state index in [0.29, 0.717) is 16.6 Å². The molecule has 1 amide bonds. The first-order valence-corrected chi connectivity index (χ1v) is 8.83. The van der Waals surface area contributed by atoms with Crippen LogP contribution in [-0.2, 0) is 17.8 Å². The zero-order valence-corrected chi connectivity index (χ0v) is 14.9. The van der Waals surface area contributed by atoms with Gasteiger partial charge in [0.05, 0.1) is 10.9 Å². The maximum Gasteiger partial charge on any atom is 0.224 e. The molecular weight excluding hydrogens is 373 g/mol. The van der Waals surface area contributed by atoms with Crippen molar-refractivity contribution in [2.45, 2.75) is 25.8 Å². The van der Waals surface area contributed by atoms with Gasteiger partial charge >= 0.3 is 0 Å². The zero-order chi connectivity index (χ0) is 16.9. The van der Waals surface area contributed by atoms with Gasteiger partial charge in [-0.1, -0.05) is 18.2 Å². The number of anilines is 1. The number of hydrogen-bond acceptors (Lipinski definition) is 3. The van der Waals surface area contributed by atoms with Crippen molar-refractivity contribution < 1.29 is 9.18 Å². The number of pyridine rings is 1. The van der Waals surface area contributed by atoms with Crippen molar-refractivity contribution >= 4 is 27.7 Å². The van der Waals surface area contributed by atoms with Crippen LogP contribution in [0.4, 0.5) is 10.2 Å². The highest BCUT2D eigenvalue weighted by atomic mass is 79.9. The molecule has 0 unspecified atom stereocenters. The van der Waals surface area contributed by atoms with E-state index in [1.165, 1.54) is 12.8 Å². The minimum Gasteiger partial charge on any atom is -0.356 e. The predicted molar refractivity (Wildman–Crippen MR) is 95.3 cm³/mol. The summed E-state index contributed by atoms with van der Waals surface area (Å²) in [6, 6.07) is 8.81. The van der Waals surface area contributed by atoms with E-state index >= 15 is 0 Å². The largest absolute Gasteiger partial charge is 0.356 e. The first-order chi connectivity index (χ1) is 11.6. The summed E-state index contributed by atoms with van der Waals surface area (Å²) in [5.74, 6) is 0.346. The van der Waals surface area contributed by atoms with Crippen molar-refractivity contribution in [1.29, 1.82) is 0 Å². The minimum absolute atomic E-state index is 0.0184. The molecule has 1 N–H and O–H groups in total. The zero-order valence-electron chi connectivity index (χ0n) is 13.3. The molecule has 1 fully saturated rings. The number of nitrogens with zero attached hydrogens (tertiary/aromatic N) is 2. The summed E-state index contributed by atoms with van der Waals surface area (Å²) in [6.07, 6.45) is 4.13. The highest BCUT2D eigenvalue weighted by molar-refractivity contribution is 9.10. The Morgan fingerprint density at radius 1 is 1.21 bits per heavy atom. The molecule has 0 atom stereocenters. The van der Waals surface area contributed by atoms with Gasteiger partial charge in [0.1, 0.15) is 11.6 Å². The molecule has 0 bridgehead atoms. The summed E-state index contributed by atoms with van der Waals surface area (Å²) < 4.78 is 14.3. The van der Waals surface area contributed by atoms with E-state index in [1.54, 1.807) is 24.4 Å². The molecule has 0 spiro atoms. The van der Waals surface area contributed by atoms with Gasteiger partial charge in [0, 0.05) is 31.4 Å². The number of rotatable bonds is 5. The molecule has 1 aromatic carbocycles. The summed E-state index contributed by atoms with van der Waals surface area (Å²) >= 11 is 3.14. The van der Waals surface area contributed by atoms with E-state index in [-0.39, 0.29) is 18.1 Å². The minimum atomic E-state index is -0.383. The number of hydrogen-bond donors (Lipinski definition) is 1. The van der Waals surface area contributed by atoms with Crippen molar-refractivity contribution in [3.05, 3.63) is 57.9 Å². The van der Waals surface area contributed by atoms with Crippen LogP contribution in [0.3, 0.4) is 0 Å². The van der Waals surface area contributed by atoms with Crippen molar-refractivity contribution in [3.63, 3.8) is 0 Å². The number of amides is 1. The lowest BCUT2D eigenvalue weighted by molar-refractivity contribution is -0.120. The Morgan fingerprint density at radius 3 is 2.75 bits per heavy atom. The van der Waals surface area contributed by atoms with Crippen LogP contribution in [0, 0.1) is 5.82 Å². The first-order valence-electron chi connectivity index (χ1n) is 8.03. The second-order valence-corrected chi connectivity index (χ2v) is 6.70. The average Bonchev–Trinajstić information content (AvgIpc) is 3.12.